The second-order valence-electron chi connectivity index (χ2n) is 5.18. The lowest BCUT2D eigenvalue weighted by molar-refractivity contribution is 0.214. The SMILES string of the molecule is CC1CC(C)(C)CC1NN(C)C. The van der Waals surface area contributed by atoms with Crippen LogP contribution in [-0.2, 0) is 0 Å². The van der Waals surface area contributed by atoms with E-state index >= 15 is 0 Å². The molecule has 0 spiro atoms. The molecule has 1 N–H and O–H groups in total. The van der Waals surface area contributed by atoms with Crippen LogP contribution in [0.15, 0.2) is 0 Å². The van der Waals surface area contributed by atoms with Gasteiger partial charge in [0.1, 0.15) is 0 Å². The molecule has 0 amide bonds. The first-order valence-electron chi connectivity index (χ1n) is 4.84. The van der Waals surface area contributed by atoms with E-state index in [0.29, 0.717) is 11.5 Å². The average molecular weight is 170 g/mol. The Balaban J connectivity index is 2.47. The minimum atomic E-state index is 0.535. The molecule has 1 saturated carbocycles. The summed E-state index contributed by atoms with van der Waals surface area (Å²) in [6.45, 7) is 7.07. The molecule has 2 atom stereocenters. The van der Waals surface area contributed by atoms with E-state index in [1.54, 1.807) is 0 Å². The Kier molecular flexibility index (Phi) is 2.79. The van der Waals surface area contributed by atoms with Crippen molar-refractivity contribution in [2.45, 2.75) is 39.7 Å². The van der Waals surface area contributed by atoms with Crippen LogP contribution in [0.25, 0.3) is 0 Å². The van der Waals surface area contributed by atoms with Crippen molar-refractivity contribution in [1.29, 1.82) is 0 Å². The van der Waals surface area contributed by atoms with E-state index in [0.717, 1.165) is 5.92 Å². The summed E-state index contributed by atoms with van der Waals surface area (Å²) in [4.78, 5) is 0. The number of hydrazine groups is 1. The van der Waals surface area contributed by atoms with E-state index < -0.39 is 0 Å². The molecule has 0 radical (unpaired) electrons. The highest BCUT2D eigenvalue weighted by molar-refractivity contribution is 4.90. The highest BCUT2D eigenvalue weighted by Gasteiger charge is 2.36. The van der Waals surface area contributed by atoms with E-state index in [1.165, 1.54) is 12.8 Å². The van der Waals surface area contributed by atoms with Crippen molar-refractivity contribution in [3.63, 3.8) is 0 Å². The third kappa shape index (κ3) is 2.46. The van der Waals surface area contributed by atoms with Gasteiger partial charge in [0.05, 0.1) is 0 Å². The third-order valence-corrected chi connectivity index (χ3v) is 2.76. The molecule has 1 aliphatic carbocycles. The van der Waals surface area contributed by atoms with Crippen molar-refractivity contribution >= 4 is 0 Å². The maximum atomic E-state index is 3.48. The predicted molar refractivity (Wildman–Crippen MR) is 52.8 cm³/mol. The summed E-state index contributed by atoms with van der Waals surface area (Å²) in [5.41, 5.74) is 4.02. The van der Waals surface area contributed by atoms with Crippen molar-refractivity contribution in [2.24, 2.45) is 11.3 Å². The fourth-order valence-corrected chi connectivity index (χ4v) is 2.40. The fraction of sp³-hybridized carbons (Fsp3) is 1.00. The molecule has 0 bridgehead atoms. The van der Waals surface area contributed by atoms with E-state index in [1.807, 2.05) is 0 Å². The van der Waals surface area contributed by atoms with Gasteiger partial charge in [0, 0.05) is 20.1 Å². The number of nitrogens with one attached hydrogen (secondary N) is 1. The summed E-state index contributed by atoms with van der Waals surface area (Å²) < 4.78 is 0. The zero-order valence-corrected chi connectivity index (χ0v) is 9.02. The van der Waals surface area contributed by atoms with Crippen LogP contribution in [0, 0.1) is 11.3 Å². The summed E-state index contributed by atoms with van der Waals surface area (Å²) in [5.74, 6) is 0.808. The van der Waals surface area contributed by atoms with Gasteiger partial charge in [0.15, 0.2) is 0 Å². The number of rotatable bonds is 2. The predicted octanol–water partition coefficient (Wildman–Crippen LogP) is 1.88. The Morgan fingerprint density at radius 2 is 1.83 bits per heavy atom. The zero-order valence-electron chi connectivity index (χ0n) is 9.02. The Bertz CT molecular complexity index is 152. The Morgan fingerprint density at radius 3 is 2.17 bits per heavy atom. The Morgan fingerprint density at radius 1 is 1.25 bits per heavy atom. The van der Waals surface area contributed by atoms with Gasteiger partial charge >= 0.3 is 0 Å². The highest BCUT2D eigenvalue weighted by Crippen LogP contribution is 2.40. The summed E-state index contributed by atoms with van der Waals surface area (Å²) in [6.07, 6.45) is 2.64. The topological polar surface area (TPSA) is 15.3 Å². The zero-order chi connectivity index (χ0) is 9.35. The van der Waals surface area contributed by atoms with Crippen LogP contribution in [-0.4, -0.2) is 25.1 Å². The van der Waals surface area contributed by atoms with Gasteiger partial charge in [0.2, 0.25) is 0 Å². The highest BCUT2D eigenvalue weighted by atomic mass is 15.5. The van der Waals surface area contributed by atoms with Crippen LogP contribution in [0.2, 0.25) is 0 Å². The number of nitrogens with zero attached hydrogens (tertiary/aromatic N) is 1. The van der Waals surface area contributed by atoms with Gasteiger partial charge < -0.3 is 0 Å². The summed E-state index contributed by atoms with van der Waals surface area (Å²) in [6, 6.07) is 0.676. The normalized spacial score (nSPS) is 34.5. The Labute approximate surface area is 76.3 Å². The molecule has 1 fully saturated rings. The van der Waals surface area contributed by atoms with Gasteiger partial charge in [-0.3, -0.25) is 10.4 Å². The molecule has 2 nitrogen and oxygen atoms in total. The van der Waals surface area contributed by atoms with E-state index in [-0.39, 0.29) is 0 Å². The third-order valence-electron chi connectivity index (χ3n) is 2.76. The molecular formula is C10H22N2. The lowest BCUT2D eigenvalue weighted by Gasteiger charge is -2.22. The first-order valence-corrected chi connectivity index (χ1v) is 4.84. The first-order chi connectivity index (χ1) is 5.41. The van der Waals surface area contributed by atoms with Crippen molar-refractivity contribution in [2.75, 3.05) is 14.1 Å². The first kappa shape index (κ1) is 10.0. The van der Waals surface area contributed by atoms with E-state index in [4.69, 9.17) is 0 Å². The van der Waals surface area contributed by atoms with Crippen molar-refractivity contribution < 1.29 is 0 Å². The molecule has 0 saturated heterocycles. The molecule has 0 aliphatic heterocycles. The van der Waals surface area contributed by atoms with Gasteiger partial charge in [-0.2, -0.15) is 0 Å². The van der Waals surface area contributed by atoms with Crippen molar-refractivity contribution in [1.82, 2.24) is 10.4 Å². The molecular weight excluding hydrogens is 148 g/mol. The van der Waals surface area contributed by atoms with Gasteiger partial charge in [-0.1, -0.05) is 20.8 Å². The van der Waals surface area contributed by atoms with Crippen molar-refractivity contribution in [3.8, 4) is 0 Å². The quantitative estimate of drug-likeness (QED) is 0.637. The maximum absolute atomic E-state index is 3.48. The lowest BCUT2D eigenvalue weighted by atomic mass is 9.91. The van der Waals surface area contributed by atoms with E-state index in [2.05, 4.69) is 45.3 Å². The van der Waals surface area contributed by atoms with Gasteiger partial charge in [-0.05, 0) is 24.2 Å². The molecule has 12 heavy (non-hydrogen) atoms. The second kappa shape index (κ2) is 3.35. The summed E-state index contributed by atoms with van der Waals surface area (Å²) in [7, 11) is 4.14. The van der Waals surface area contributed by atoms with E-state index in [9.17, 15) is 0 Å². The van der Waals surface area contributed by atoms with Crippen LogP contribution >= 0.6 is 0 Å². The molecule has 0 aromatic heterocycles. The second-order valence-corrected chi connectivity index (χ2v) is 5.18. The summed E-state index contributed by atoms with van der Waals surface area (Å²) >= 11 is 0. The maximum Gasteiger partial charge on any atom is 0.0245 e. The minimum absolute atomic E-state index is 0.535. The largest absolute Gasteiger partial charge is 0.252 e. The van der Waals surface area contributed by atoms with Gasteiger partial charge in [-0.25, -0.2) is 0 Å². The van der Waals surface area contributed by atoms with Crippen LogP contribution < -0.4 is 5.43 Å². The van der Waals surface area contributed by atoms with Crippen LogP contribution in [0.5, 0.6) is 0 Å². The molecule has 2 unspecified atom stereocenters. The van der Waals surface area contributed by atoms with Gasteiger partial charge in [-0.15, -0.1) is 0 Å². The van der Waals surface area contributed by atoms with Crippen LogP contribution in [0.3, 0.4) is 0 Å². The molecule has 1 rings (SSSR count). The van der Waals surface area contributed by atoms with Crippen LogP contribution in [0.1, 0.15) is 33.6 Å². The fourth-order valence-electron chi connectivity index (χ4n) is 2.40. The molecule has 72 valence electrons. The van der Waals surface area contributed by atoms with Gasteiger partial charge in [0.25, 0.3) is 0 Å². The lowest BCUT2D eigenvalue weighted by Crippen LogP contribution is -2.41. The molecule has 0 aromatic rings. The average Bonchev–Trinajstić information content (AvgIpc) is 2.03. The minimum Gasteiger partial charge on any atom is -0.252 e. The molecule has 0 aromatic carbocycles. The molecule has 2 heteroatoms. The van der Waals surface area contributed by atoms with Crippen molar-refractivity contribution in [3.05, 3.63) is 0 Å². The molecule has 0 heterocycles. The Hall–Kier alpha value is -0.0800. The standard InChI is InChI=1S/C10H22N2/c1-8-6-10(2,3)7-9(8)11-12(4)5/h8-9,11H,6-7H2,1-5H3. The van der Waals surface area contributed by atoms with Crippen LogP contribution in [0.4, 0.5) is 0 Å². The number of hydrogen-bond donors (Lipinski definition) is 1. The monoisotopic (exact) mass is 170 g/mol. The number of hydrogen-bond acceptors (Lipinski definition) is 2. The smallest absolute Gasteiger partial charge is 0.0245 e. The summed E-state index contributed by atoms with van der Waals surface area (Å²) in [5, 5.41) is 2.07. The molecule has 1 aliphatic rings.